The molecule has 0 amide bonds. The minimum absolute atomic E-state index is 0.0874. The highest BCUT2D eigenvalue weighted by atomic mass is 32.2. The third kappa shape index (κ3) is 5.12. The molecule has 0 heterocycles. The largest absolute Gasteiger partial charge is 0.320 e. The molecular formula is C12H19F2N3O2S. The average Bonchev–Trinajstić information content (AvgIpc) is 2.40. The Hall–Kier alpha value is -1.09. The number of nitrogens with zero attached hydrogens (tertiary/aromatic N) is 1. The molecule has 0 atom stereocenters. The van der Waals surface area contributed by atoms with E-state index in [4.69, 9.17) is 0 Å². The average molecular weight is 307 g/mol. The van der Waals surface area contributed by atoms with Gasteiger partial charge < -0.3 is 5.32 Å². The van der Waals surface area contributed by atoms with Crippen LogP contribution in [0.3, 0.4) is 0 Å². The first-order valence-electron chi connectivity index (χ1n) is 6.16. The van der Waals surface area contributed by atoms with Crippen LogP contribution in [0, 0.1) is 11.6 Å². The molecule has 5 nitrogen and oxygen atoms in total. The maximum atomic E-state index is 13.0. The van der Waals surface area contributed by atoms with Crippen molar-refractivity contribution in [3.8, 4) is 0 Å². The molecule has 0 bridgehead atoms. The number of nitrogens with one attached hydrogen (secondary N) is 2. The third-order valence-corrected chi connectivity index (χ3v) is 4.27. The van der Waals surface area contributed by atoms with Crippen LogP contribution in [-0.4, -0.2) is 39.9 Å². The molecule has 0 spiro atoms. The van der Waals surface area contributed by atoms with Gasteiger partial charge in [0.1, 0.15) is 0 Å². The fourth-order valence-electron chi connectivity index (χ4n) is 1.53. The van der Waals surface area contributed by atoms with Gasteiger partial charge in [0.25, 0.3) is 10.2 Å². The van der Waals surface area contributed by atoms with Crippen molar-refractivity contribution in [1.82, 2.24) is 14.3 Å². The molecule has 114 valence electrons. The molecule has 0 saturated carbocycles. The predicted molar refractivity (Wildman–Crippen MR) is 73.3 cm³/mol. The standard InChI is InChI=1S/C12H19F2N3O2S/c1-15-6-3-7-17(2)20(18,19)16-9-10-4-5-11(13)12(14)8-10/h4-5,8,15-16H,3,6-7,9H2,1-2H3. The molecule has 1 aromatic rings. The molecule has 20 heavy (non-hydrogen) atoms. The Balaban J connectivity index is 2.55. The summed E-state index contributed by atoms with van der Waals surface area (Å²) in [5.74, 6) is -1.95. The van der Waals surface area contributed by atoms with Crippen molar-refractivity contribution >= 4 is 10.2 Å². The summed E-state index contributed by atoms with van der Waals surface area (Å²) in [5.41, 5.74) is 0.357. The van der Waals surface area contributed by atoms with E-state index in [0.29, 0.717) is 25.1 Å². The van der Waals surface area contributed by atoms with Gasteiger partial charge in [-0.3, -0.25) is 0 Å². The fourth-order valence-corrected chi connectivity index (χ4v) is 2.47. The second-order valence-corrected chi connectivity index (χ2v) is 6.22. The zero-order valence-electron chi connectivity index (χ0n) is 11.5. The molecule has 0 aliphatic heterocycles. The quantitative estimate of drug-likeness (QED) is 0.700. The summed E-state index contributed by atoms with van der Waals surface area (Å²) in [5, 5.41) is 2.92. The molecule has 0 radical (unpaired) electrons. The smallest absolute Gasteiger partial charge is 0.279 e. The van der Waals surface area contributed by atoms with Gasteiger partial charge in [-0.1, -0.05) is 6.07 Å². The Bertz CT molecular complexity index is 538. The minimum atomic E-state index is -3.62. The molecule has 1 aromatic carbocycles. The Kier molecular flexibility index (Phi) is 6.47. The van der Waals surface area contributed by atoms with Gasteiger partial charge >= 0.3 is 0 Å². The molecule has 0 fully saturated rings. The maximum absolute atomic E-state index is 13.0. The highest BCUT2D eigenvalue weighted by molar-refractivity contribution is 7.87. The van der Waals surface area contributed by atoms with Crippen LogP contribution in [0.15, 0.2) is 18.2 Å². The van der Waals surface area contributed by atoms with Crippen molar-refractivity contribution in [2.24, 2.45) is 0 Å². The van der Waals surface area contributed by atoms with E-state index < -0.39 is 21.8 Å². The van der Waals surface area contributed by atoms with E-state index in [9.17, 15) is 17.2 Å². The van der Waals surface area contributed by atoms with Gasteiger partial charge in [-0.05, 0) is 37.7 Å². The molecule has 0 aromatic heterocycles. The van der Waals surface area contributed by atoms with Gasteiger partial charge in [-0.2, -0.15) is 17.4 Å². The third-order valence-electron chi connectivity index (χ3n) is 2.75. The van der Waals surface area contributed by atoms with E-state index in [-0.39, 0.29) is 6.54 Å². The maximum Gasteiger partial charge on any atom is 0.279 e. The Morgan fingerprint density at radius 2 is 1.95 bits per heavy atom. The van der Waals surface area contributed by atoms with Crippen molar-refractivity contribution in [2.45, 2.75) is 13.0 Å². The van der Waals surface area contributed by atoms with E-state index in [0.717, 1.165) is 12.1 Å². The van der Waals surface area contributed by atoms with Gasteiger partial charge in [-0.15, -0.1) is 0 Å². The first-order valence-corrected chi connectivity index (χ1v) is 7.60. The fraction of sp³-hybridized carbons (Fsp3) is 0.500. The van der Waals surface area contributed by atoms with Gasteiger partial charge in [0.2, 0.25) is 0 Å². The van der Waals surface area contributed by atoms with E-state index in [2.05, 4.69) is 10.0 Å². The summed E-state index contributed by atoms with van der Waals surface area (Å²) in [6.45, 7) is 0.993. The zero-order chi connectivity index (χ0) is 15.2. The summed E-state index contributed by atoms with van der Waals surface area (Å²) < 4.78 is 53.0. The van der Waals surface area contributed by atoms with Crippen LogP contribution in [-0.2, 0) is 16.8 Å². The van der Waals surface area contributed by atoms with E-state index >= 15 is 0 Å². The van der Waals surface area contributed by atoms with Gasteiger partial charge in [0.15, 0.2) is 11.6 Å². The summed E-state index contributed by atoms with van der Waals surface area (Å²) in [4.78, 5) is 0. The second kappa shape index (κ2) is 7.63. The van der Waals surface area contributed by atoms with Crippen molar-refractivity contribution in [1.29, 1.82) is 0 Å². The molecule has 1 rings (SSSR count). The molecule has 8 heteroatoms. The lowest BCUT2D eigenvalue weighted by Gasteiger charge is -2.17. The van der Waals surface area contributed by atoms with Gasteiger partial charge in [-0.25, -0.2) is 8.78 Å². The van der Waals surface area contributed by atoms with Crippen LogP contribution >= 0.6 is 0 Å². The molecule has 0 aliphatic carbocycles. The van der Waals surface area contributed by atoms with Gasteiger partial charge in [0.05, 0.1) is 0 Å². The lowest BCUT2D eigenvalue weighted by Crippen LogP contribution is -2.38. The first-order chi connectivity index (χ1) is 9.36. The molecular weight excluding hydrogens is 288 g/mol. The van der Waals surface area contributed by atoms with Crippen LogP contribution < -0.4 is 10.0 Å². The Morgan fingerprint density at radius 3 is 2.55 bits per heavy atom. The van der Waals surface area contributed by atoms with Crippen molar-refractivity contribution in [3.63, 3.8) is 0 Å². The van der Waals surface area contributed by atoms with Gasteiger partial charge in [0, 0.05) is 20.1 Å². The predicted octanol–water partition coefficient (Wildman–Crippen LogP) is 0.841. The van der Waals surface area contributed by atoms with Crippen molar-refractivity contribution in [2.75, 3.05) is 27.2 Å². The highest BCUT2D eigenvalue weighted by Gasteiger charge is 2.16. The highest BCUT2D eigenvalue weighted by Crippen LogP contribution is 2.09. The SMILES string of the molecule is CNCCCN(C)S(=O)(=O)NCc1ccc(F)c(F)c1. The molecule has 0 saturated heterocycles. The summed E-state index contributed by atoms with van der Waals surface area (Å²) in [6.07, 6.45) is 0.680. The zero-order valence-corrected chi connectivity index (χ0v) is 12.3. The topological polar surface area (TPSA) is 61.4 Å². The number of benzene rings is 1. The van der Waals surface area contributed by atoms with Crippen molar-refractivity contribution < 1.29 is 17.2 Å². The van der Waals surface area contributed by atoms with Crippen molar-refractivity contribution in [3.05, 3.63) is 35.4 Å². The minimum Gasteiger partial charge on any atom is -0.320 e. The van der Waals surface area contributed by atoms with E-state index in [1.165, 1.54) is 17.4 Å². The van der Waals surface area contributed by atoms with Crippen LogP contribution in [0.5, 0.6) is 0 Å². The van der Waals surface area contributed by atoms with E-state index in [1.807, 2.05) is 0 Å². The Morgan fingerprint density at radius 1 is 1.25 bits per heavy atom. The molecule has 2 N–H and O–H groups in total. The second-order valence-electron chi connectivity index (χ2n) is 4.35. The van der Waals surface area contributed by atoms with Crippen LogP contribution in [0.4, 0.5) is 8.78 Å². The summed E-state index contributed by atoms with van der Waals surface area (Å²) in [7, 11) is -0.373. The van der Waals surface area contributed by atoms with Crippen LogP contribution in [0.25, 0.3) is 0 Å². The molecule has 0 unspecified atom stereocenters. The lowest BCUT2D eigenvalue weighted by atomic mass is 10.2. The van der Waals surface area contributed by atoms with Crippen LogP contribution in [0.1, 0.15) is 12.0 Å². The number of hydrogen-bond acceptors (Lipinski definition) is 3. The normalized spacial score (nSPS) is 12.1. The van der Waals surface area contributed by atoms with Crippen LogP contribution in [0.2, 0.25) is 0 Å². The van der Waals surface area contributed by atoms with E-state index in [1.54, 1.807) is 7.05 Å². The summed E-state index contributed by atoms with van der Waals surface area (Å²) >= 11 is 0. The Labute approximate surface area is 118 Å². The monoisotopic (exact) mass is 307 g/mol. The number of rotatable bonds is 8. The molecule has 0 aliphatic rings. The first kappa shape index (κ1) is 17.0. The number of halogens is 2. The lowest BCUT2D eigenvalue weighted by molar-refractivity contribution is 0.447. The summed E-state index contributed by atoms with van der Waals surface area (Å²) in [6, 6.07) is 3.27. The number of hydrogen-bond donors (Lipinski definition) is 2.